The highest BCUT2D eigenvalue weighted by Gasteiger charge is 2.11. The van der Waals surface area contributed by atoms with Crippen LogP contribution in [-0.4, -0.2) is 6.04 Å². The molecule has 0 fully saturated rings. The molecule has 5 heteroatoms. The summed E-state index contributed by atoms with van der Waals surface area (Å²) in [5, 5.41) is 0. The van der Waals surface area contributed by atoms with E-state index in [-0.39, 0.29) is 17.5 Å². The smallest absolute Gasteiger partial charge is 0.166 e. The van der Waals surface area contributed by atoms with Gasteiger partial charge in [0.05, 0.1) is 0 Å². The maximum absolute atomic E-state index is 13.9. The lowest BCUT2D eigenvalue weighted by atomic mass is 10.0. The molecule has 0 heterocycles. The maximum atomic E-state index is 13.9. The third-order valence-electron chi connectivity index (χ3n) is 3.13. The van der Waals surface area contributed by atoms with Gasteiger partial charge in [0, 0.05) is 12.1 Å². The fourth-order valence-electron chi connectivity index (χ4n) is 1.88. The molecule has 0 spiro atoms. The van der Waals surface area contributed by atoms with Crippen molar-refractivity contribution in [2.45, 2.75) is 25.8 Å². The highest BCUT2D eigenvalue weighted by molar-refractivity contribution is 5.35. The molecule has 0 saturated carbocycles. The van der Waals surface area contributed by atoms with Crippen molar-refractivity contribution in [2.75, 3.05) is 0 Å². The van der Waals surface area contributed by atoms with Crippen LogP contribution in [-0.2, 0) is 6.42 Å². The minimum absolute atomic E-state index is 0.0446. The lowest BCUT2D eigenvalue weighted by Gasteiger charge is -2.11. The Kier molecular flexibility index (Phi) is 4.85. The normalized spacial score (nSPS) is 12.2. The van der Waals surface area contributed by atoms with Crippen LogP contribution in [0.25, 0.3) is 0 Å². The average molecular weight is 295 g/mol. The van der Waals surface area contributed by atoms with E-state index in [2.05, 4.69) is 0 Å². The van der Waals surface area contributed by atoms with Gasteiger partial charge in [0.2, 0.25) is 0 Å². The van der Waals surface area contributed by atoms with E-state index in [0.717, 1.165) is 30.2 Å². The van der Waals surface area contributed by atoms with Crippen LogP contribution in [0.4, 0.5) is 13.2 Å². The van der Waals surface area contributed by atoms with Gasteiger partial charge in [0.15, 0.2) is 23.1 Å². The number of halogens is 3. The zero-order valence-corrected chi connectivity index (χ0v) is 11.6. The first-order valence-electron chi connectivity index (χ1n) is 6.66. The van der Waals surface area contributed by atoms with Crippen LogP contribution < -0.4 is 10.5 Å². The summed E-state index contributed by atoms with van der Waals surface area (Å²) in [5.41, 5.74) is 6.54. The van der Waals surface area contributed by atoms with Crippen molar-refractivity contribution >= 4 is 0 Å². The van der Waals surface area contributed by atoms with Gasteiger partial charge in [0.1, 0.15) is 5.82 Å². The van der Waals surface area contributed by atoms with E-state index >= 15 is 0 Å². The lowest BCUT2D eigenvalue weighted by molar-refractivity contribution is 0.410. The van der Waals surface area contributed by atoms with Crippen LogP contribution in [0.15, 0.2) is 36.4 Å². The molecule has 0 aliphatic rings. The Morgan fingerprint density at radius 2 is 1.76 bits per heavy atom. The van der Waals surface area contributed by atoms with Gasteiger partial charge in [-0.1, -0.05) is 13.0 Å². The van der Waals surface area contributed by atoms with Gasteiger partial charge < -0.3 is 10.5 Å². The first kappa shape index (κ1) is 15.4. The zero-order valence-electron chi connectivity index (χ0n) is 11.6. The van der Waals surface area contributed by atoms with Crippen molar-refractivity contribution in [2.24, 2.45) is 5.73 Å². The van der Waals surface area contributed by atoms with Crippen LogP contribution >= 0.6 is 0 Å². The second-order valence-corrected chi connectivity index (χ2v) is 4.81. The molecule has 2 aromatic rings. The van der Waals surface area contributed by atoms with E-state index in [1.807, 2.05) is 6.92 Å². The Labute approximate surface area is 121 Å². The van der Waals surface area contributed by atoms with Crippen molar-refractivity contribution in [3.63, 3.8) is 0 Å². The quantitative estimate of drug-likeness (QED) is 0.898. The molecule has 21 heavy (non-hydrogen) atoms. The SMILES string of the molecule is CCC(N)Cc1ccc(Oc2cc(F)ccc2F)c(F)c1. The minimum Gasteiger partial charge on any atom is -0.451 e. The van der Waals surface area contributed by atoms with Gasteiger partial charge in [-0.25, -0.2) is 13.2 Å². The Balaban J connectivity index is 2.19. The molecular weight excluding hydrogens is 279 g/mol. The molecule has 0 aliphatic heterocycles. The van der Waals surface area contributed by atoms with Gasteiger partial charge in [-0.15, -0.1) is 0 Å². The summed E-state index contributed by atoms with van der Waals surface area (Å²) in [5.74, 6) is -2.56. The van der Waals surface area contributed by atoms with Crippen LogP contribution in [0.1, 0.15) is 18.9 Å². The van der Waals surface area contributed by atoms with E-state index in [1.165, 1.54) is 12.1 Å². The lowest BCUT2D eigenvalue weighted by Crippen LogP contribution is -2.21. The molecule has 0 bridgehead atoms. The second kappa shape index (κ2) is 6.63. The average Bonchev–Trinajstić information content (AvgIpc) is 2.45. The van der Waals surface area contributed by atoms with Crippen molar-refractivity contribution < 1.29 is 17.9 Å². The molecule has 0 saturated heterocycles. The summed E-state index contributed by atoms with van der Waals surface area (Å²) in [4.78, 5) is 0. The van der Waals surface area contributed by atoms with E-state index in [9.17, 15) is 13.2 Å². The molecule has 0 aliphatic carbocycles. The van der Waals surface area contributed by atoms with Crippen LogP contribution in [0.3, 0.4) is 0 Å². The number of benzene rings is 2. The second-order valence-electron chi connectivity index (χ2n) is 4.81. The highest BCUT2D eigenvalue weighted by Crippen LogP contribution is 2.28. The van der Waals surface area contributed by atoms with Gasteiger partial charge in [-0.05, 0) is 42.7 Å². The number of rotatable bonds is 5. The molecule has 2 N–H and O–H groups in total. The molecule has 1 atom stereocenters. The first-order valence-corrected chi connectivity index (χ1v) is 6.66. The molecule has 0 aromatic heterocycles. The summed E-state index contributed by atoms with van der Waals surface area (Å²) in [7, 11) is 0. The molecule has 1 unspecified atom stereocenters. The number of nitrogens with two attached hydrogens (primary N) is 1. The predicted octanol–water partition coefficient (Wildman–Crippen LogP) is 4.18. The van der Waals surface area contributed by atoms with Crippen molar-refractivity contribution in [1.29, 1.82) is 0 Å². The standard InChI is InChI=1S/C16H16F3NO/c1-2-12(20)7-10-3-6-15(14(19)8-10)21-16-9-11(17)4-5-13(16)18/h3-6,8-9,12H,2,7,20H2,1H3. The molecule has 112 valence electrons. The molecule has 2 aromatic carbocycles. The Bertz CT molecular complexity index is 631. The number of hydrogen-bond donors (Lipinski definition) is 1. The van der Waals surface area contributed by atoms with Gasteiger partial charge >= 0.3 is 0 Å². The van der Waals surface area contributed by atoms with E-state index in [1.54, 1.807) is 6.07 Å². The van der Waals surface area contributed by atoms with E-state index in [4.69, 9.17) is 10.5 Å². The fraction of sp³-hybridized carbons (Fsp3) is 0.250. The summed E-state index contributed by atoms with van der Waals surface area (Å²) >= 11 is 0. The Hall–Kier alpha value is -2.01. The topological polar surface area (TPSA) is 35.2 Å². The Morgan fingerprint density at radius 3 is 2.43 bits per heavy atom. The molecule has 2 rings (SSSR count). The third-order valence-corrected chi connectivity index (χ3v) is 3.13. The monoisotopic (exact) mass is 295 g/mol. The molecule has 0 radical (unpaired) electrons. The van der Waals surface area contributed by atoms with Crippen LogP contribution in [0.5, 0.6) is 11.5 Å². The largest absolute Gasteiger partial charge is 0.451 e. The number of hydrogen-bond acceptors (Lipinski definition) is 2. The van der Waals surface area contributed by atoms with Crippen LogP contribution in [0.2, 0.25) is 0 Å². The van der Waals surface area contributed by atoms with Crippen molar-refractivity contribution in [1.82, 2.24) is 0 Å². The van der Waals surface area contributed by atoms with E-state index < -0.39 is 17.5 Å². The fourth-order valence-corrected chi connectivity index (χ4v) is 1.88. The molecular formula is C16H16F3NO. The van der Waals surface area contributed by atoms with Gasteiger partial charge in [0.25, 0.3) is 0 Å². The van der Waals surface area contributed by atoms with Crippen molar-refractivity contribution in [3.8, 4) is 11.5 Å². The summed E-state index contributed by atoms with van der Waals surface area (Å²) < 4.78 is 45.5. The van der Waals surface area contributed by atoms with Crippen LogP contribution in [0, 0.1) is 17.5 Å². The van der Waals surface area contributed by atoms with Gasteiger partial charge in [-0.3, -0.25) is 0 Å². The first-order chi connectivity index (χ1) is 9.99. The third kappa shape index (κ3) is 3.98. The summed E-state index contributed by atoms with van der Waals surface area (Å²) in [6.07, 6.45) is 1.33. The highest BCUT2D eigenvalue weighted by atomic mass is 19.1. The number of ether oxygens (including phenoxy) is 1. The predicted molar refractivity (Wildman–Crippen MR) is 74.8 cm³/mol. The van der Waals surface area contributed by atoms with Crippen molar-refractivity contribution in [3.05, 3.63) is 59.4 Å². The maximum Gasteiger partial charge on any atom is 0.166 e. The molecule has 2 nitrogen and oxygen atoms in total. The molecule has 0 amide bonds. The zero-order chi connectivity index (χ0) is 15.4. The summed E-state index contributed by atoms with van der Waals surface area (Å²) in [6.45, 7) is 1.95. The minimum atomic E-state index is -0.757. The Morgan fingerprint density at radius 1 is 1.00 bits per heavy atom. The van der Waals surface area contributed by atoms with E-state index in [0.29, 0.717) is 6.42 Å². The summed E-state index contributed by atoms with van der Waals surface area (Å²) in [6, 6.07) is 7.06. The van der Waals surface area contributed by atoms with Gasteiger partial charge in [-0.2, -0.15) is 0 Å².